The molecule has 0 spiro atoms. The quantitative estimate of drug-likeness (QED) is 0.791. The number of ether oxygens (including phenoxy) is 2. The summed E-state index contributed by atoms with van der Waals surface area (Å²) in [6, 6.07) is 10.8. The smallest absolute Gasteiger partial charge is 0.336 e. The first-order valence-corrected chi connectivity index (χ1v) is 5.99. The molecule has 2 N–H and O–H groups in total. The van der Waals surface area contributed by atoms with Crippen molar-refractivity contribution in [2.45, 2.75) is 6.61 Å². The van der Waals surface area contributed by atoms with Crippen LogP contribution in [0.1, 0.15) is 15.9 Å². The summed E-state index contributed by atoms with van der Waals surface area (Å²) >= 11 is 0. The molecule has 0 aromatic heterocycles. The predicted molar refractivity (Wildman–Crippen MR) is 72.5 cm³/mol. The molecule has 21 heavy (non-hydrogen) atoms. The van der Waals surface area contributed by atoms with Crippen LogP contribution >= 0.6 is 0 Å². The number of hydrogen-bond donors (Lipinski definition) is 2. The van der Waals surface area contributed by atoms with E-state index in [1.807, 2.05) is 0 Å². The number of carbonyl (C=O) groups excluding carboxylic acids is 1. The van der Waals surface area contributed by atoms with Crippen LogP contribution in [0.4, 0.5) is 0 Å². The summed E-state index contributed by atoms with van der Waals surface area (Å²) in [7, 11) is 0. The van der Waals surface area contributed by atoms with E-state index in [1.54, 1.807) is 18.2 Å². The highest BCUT2D eigenvalue weighted by Crippen LogP contribution is 2.36. The van der Waals surface area contributed by atoms with Gasteiger partial charge in [-0.05, 0) is 18.2 Å². The van der Waals surface area contributed by atoms with E-state index in [0.717, 1.165) is 0 Å². The van der Waals surface area contributed by atoms with E-state index >= 15 is 0 Å². The second-order valence-corrected chi connectivity index (χ2v) is 4.07. The predicted octanol–water partition coefficient (Wildman–Crippen LogP) is 2.20. The highest BCUT2D eigenvalue weighted by Gasteiger charge is 2.13. The van der Waals surface area contributed by atoms with Crippen LogP contribution in [0.5, 0.6) is 17.2 Å². The zero-order valence-corrected chi connectivity index (χ0v) is 10.9. The molecule has 0 aliphatic rings. The summed E-state index contributed by atoms with van der Waals surface area (Å²) in [5.41, 5.74) is 0.584. The van der Waals surface area contributed by atoms with Crippen LogP contribution in [0.15, 0.2) is 42.5 Å². The third kappa shape index (κ3) is 3.30. The van der Waals surface area contributed by atoms with Crippen molar-refractivity contribution >= 4 is 12.4 Å². The second kappa shape index (κ2) is 6.42. The maximum Gasteiger partial charge on any atom is 0.336 e. The van der Waals surface area contributed by atoms with Gasteiger partial charge in [0.2, 0.25) is 5.75 Å². The Labute approximate surface area is 120 Å². The molecule has 6 heteroatoms. The highest BCUT2D eigenvalue weighted by atomic mass is 16.5. The number of rotatable bonds is 6. The van der Waals surface area contributed by atoms with Crippen molar-refractivity contribution in [1.82, 2.24) is 0 Å². The molecule has 0 radical (unpaired) electrons. The molecule has 2 aromatic rings. The van der Waals surface area contributed by atoms with Crippen molar-refractivity contribution in [3.05, 3.63) is 53.6 Å². The zero-order valence-electron chi connectivity index (χ0n) is 10.9. The van der Waals surface area contributed by atoms with Crippen molar-refractivity contribution in [2.24, 2.45) is 0 Å². The Morgan fingerprint density at radius 3 is 2.62 bits per heavy atom. The van der Waals surface area contributed by atoms with Gasteiger partial charge in [0.15, 0.2) is 11.5 Å². The van der Waals surface area contributed by atoms with Gasteiger partial charge in [0.05, 0.1) is 5.56 Å². The van der Waals surface area contributed by atoms with Gasteiger partial charge >= 0.3 is 5.97 Å². The van der Waals surface area contributed by atoms with Gasteiger partial charge in [-0.25, -0.2) is 4.79 Å². The third-order valence-corrected chi connectivity index (χ3v) is 2.76. The number of carbonyl (C=O) groups is 2. The Morgan fingerprint density at radius 1 is 1.14 bits per heavy atom. The number of phenols is 1. The van der Waals surface area contributed by atoms with Crippen molar-refractivity contribution < 1.29 is 29.3 Å². The molecule has 2 aromatic carbocycles. The van der Waals surface area contributed by atoms with E-state index < -0.39 is 5.97 Å². The lowest BCUT2D eigenvalue weighted by Crippen LogP contribution is -2.06. The van der Waals surface area contributed by atoms with Crippen molar-refractivity contribution in [1.29, 1.82) is 0 Å². The molecule has 0 bridgehead atoms. The molecule has 0 saturated heterocycles. The van der Waals surface area contributed by atoms with Gasteiger partial charge in [-0.1, -0.05) is 24.3 Å². The highest BCUT2D eigenvalue weighted by molar-refractivity contribution is 5.89. The van der Waals surface area contributed by atoms with Crippen molar-refractivity contribution in [3.8, 4) is 17.2 Å². The van der Waals surface area contributed by atoms with Crippen LogP contribution in [-0.4, -0.2) is 22.7 Å². The van der Waals surface area contributed by atoms with E-state index in [1.165, 1.54) is 24.3 Å². The van der Waals surface area contributed by atoms with E-state index in [-0.39, 0.29) is 35.9 Å². The Morgan fingerprint density at radius 2 is 1.90 bits per heavy atom. The fourth-order valence-corrected chi connectivity index (χ4v) is 1.79. The van der Waals surface area contributed by atoms with E-state index in [2.05, 4.69) is 4.74 Å². The standard InChI is InChI=1S/C15H12O6/c16-9-21-14-12(17)6-3-7-13(14)20-8-10-4-1-2-5-11(10)15(18)19/h1-7,9,17H,8H2,(H,18,19). The van der Waals surface area contributed by atoms with E-state index in [4.69, 9.17) is 9.84 Å². The molecular formula is C15H12O6. The number of benzene rings is 2. The number of para-hydroxylation sites is 1. The molecule has 0 fully saturated rings. The summed E-state index contributed by atoms with van der Waals surface area (Å²) < 4.78 is 10.1. The molecule has 0 heterocycles. The summed E-state index contributed by atoms with van der Waals surface area (Å²) in [5, 5.41) is 18.7. The first kappa shape index (κ1) is 14.4. The van der Waals surface area contributed by atoms with Gasteiger partial charge < -0.3 is 19.7 Å². The first-order chi connectivity index (χ1) is 10.1. The largest absolute Gasteiger partial charge is 0.504 e. The molecule has 0 unspecified atom stereocenters. The number of aromatic carboxylic acids is 1. The fourth-order valence-electron chi connectivity index (χ4n) is 1.79. The van der Waals surface area contributed by atoms with Crippen LogP contribution in [0.2, 0.25) is 0 Å². The molecule has 0 saturated carbocycles. The lowest BCUT2D eigenvalue weighted by molar-refractivity contribution is -0.120. The average Bonchev–Trinajstić information content (AvgIpc) is 2.48. The van der Waals surface area contributed by atoms with Crippen LogP contribution < -0.4 is 9.47 Å². The number of phenolic OH excluding ortho intramolecular Hbond substituents is 1. The zero-order chi connectivity index (χ0) is 15.2. The van der Waals surface area contributed by atoms with Crippen molar-refractivity contribution in [3.63, 3.8) is 0 Å². The summed E-state index contributed by atoms with van der Waals surface area (Å²) in [5.74, 6) is -1.27. The number of carboxylic acids is 1. The minimum absolute atomic E-state index is 0.0405. The molecule has 6 nitrogen and oxygen atoms in total. The molecule has 0 amide bonds. The number of carboxylic acid groups (broad SMARTS) is 1. The van der Waals surface area contributed by atoms with Gasteiger partial charge in [-0.3, -0.25) is 4.79 Å². The summed E-state index contributed by atoms with van der Waals surface area (Å²) in [6.45, 7) is 0.133. The van der Waals surface area contributed by atoms with Gasteiger partial charge in [0, 0.05) is 5.56 Å². The SMILES string of the molecule is O=COc1c(O)cccc1OCc1ccccc1C(=O)O. The number of aromatic hydroxyl groups is 1. The maximum absolute atomic E-state index is 11.1. The Hall–Kier alpha value is -3.02. The van der Waals surface area contributed by atoms with Crippen LogP contribution in [0.3, 0.4) is 0 Å². The topological polar surface area (TPSA) is 93.1 Å². The molecule has 2 rings (SSSR count). The Bertz CT molecular complexity index is 665. The van der Waals surface area contributed by atoms with Gasteiger partial charge in [-0.2, -0.15) is 0 Å². The average molecular weight is 288 g/mol. The van der Waals surface area contributed by atoms with Crippen molar-refractivity contribution in [2.75, 3.05) is 0 Å². The molecule has 0 aliphatic carbocycles. The Balaban J connectivity index is 2.23. The normalized spacial score (nSPS) is 9.90. The molecule has 0 aliphatic heterocycles. The molecular weight excluding hydrogens is 276 g/mol. The second-order valence-electron chi connectivity index (χ2n) is 4.07. The van der Waals surface area contributed by atoms with E-state index in [9.17, 15) is 14.7 Å². The summed E-state index contributed by atoms with van der Waals surface area (Å²) in [6.07, 6.45) is 0. The monoisotopic (exact) mass is 288 g/mol. The molecule has 108 valence electrons. The van der Waals surface area contributed by atoms with Gasteiger partial charge in [0.1, 0.15) is 6.61 Å². The lowest BCUT2D eigenvalue weighted by Gasteiger charge is -2.12. The third-order valence-electron chi connectivity index (χ3n) is 2.76. The van der Waals surface area contributed by atoms with Crippen LogP contribution in [-0.2, 0) is 11.4 Å². The summed E-state index contributed by atoms with van der Waals surface area (Å²) in [4.78, 5) is 21.5. The number of hydrogen-bond acceptors (Lipinski definition) is 5. The minimum atomic E-state index is -1.06. The maximum atomic E-state index is 11.1. The first-order valence-electron chi connectivity index (χ1n) is 5.99. The van der Waals surface area contributed by atoms with Gasteiger partial charge in [0.25, 0.3) is 6.47 Å². The van der Waals surface area contributed by atoms with Crippen LogP contribution in [0, 0.1) is 0 Å². The Kier molecular flexibility index (Phi) is 4.40. The van der Waals surface area contributed by atoms with E-state index in [0.29, 0.717) is 5.56 Å². The van der Waals surface area contributed by atoms with Gasteiger partial charge in [-0.15, -0.1) is 0 Å². The van der Waals surface area contributed by atoms with Crippen LogP contribution in [0.25, 0.3) is 0 Å². The lowest BCUT2D eigenvalue weighted by atomic mass is 10.1. The fraction of sp³-hybridized carbons (Fsp3) is 0.0667. The molecule has 0 atom stereocenters. The minimum Gasteiger partial charge on any atom is -0.504 e.